The molecule has 4 aromatic rings. The molecule has 0 spiro atoms. The van der Waals surface area contributed by atoms with E-state index in [9.17, 15) is 18.3 Å². The molecular weight excluding hydrogens is 394 g/mol. The fraction of sp³-hybridized carbons (Fsp3) is 0.150. The van der Waals surface area contributed by atoms with Gasteiger partial charge in [0.05, 0.1) is 28.6 Å². The van der Waals surface area contributed by atoms with Crippen molar-refractivity contribution in [1.29, 1.82) is 0 Å². The van der Waals surface area contributed by atoms with Crippen molar-refractivity contribution in [2.75, 3.05) is 6.61 Å². The van der Waals surface area contributed by atoms with E-state index in [0.717, 1.165) is 9.54 Å². The first-order valence-corrected chi connectivity index (χ1v) is 10.3. The maximum atomic E-state index is 13.1. The Morgan fingerprint density at radius 3 is 2.55 bits per heavy atom. The zero-order valence-corrected chi connectivity index (χ0v) is 16.5. The zero-order valence-electron chi connectivity index (χ0n) is 15.7. The van der Waals surface area contributed by atoms with E-state index in [-0.39, 0.29) is 33.8 Å². The van der Waals surface area contributed by atoms with E-state index in [0.29, 0.717) is 10.9 Å². The number of carbonyl (C=O) groups is 1. The summed E-state index contributed by atoms with van der Waals surface area (Å²) in [6.45, 7) is 3.67. The maximum Gasteiger partial charge on any atom is 0.343 e. The monoisotopic (exact) mass is 411 g/mol. The molecule has 9 heteroatoms. The number of hydrogen-bond acceptors (Lipinski definition) is 7. The second kappa shape index (κ2) is 6.85. The van der Waals surface area contributed by atoms with Crippen LogP contribution in [0.1, 0.15) is 22.8 Å². The number of esters is 1. The fourth-order valence-electron chi connectivity index (χ4n) is 3.11. The van der Waals surface area contributed by atoms with Crippen molar-refractivity contribution in [1.82, 2.24) is 13.9 Å². The molecule has 0 aliphatic heterocycles. The molecule has 8 nitrogen and oxygen atoms in total. The van der Waals surface area contributed by atoms with Crippen LogP contribution in [-0.2, 0) is 14.8 Å². The van der Waals surface area contributed by atoms with Crippen molar-refractivity contribution in [3.8, 4) is 5.75 Å². The van der Waals surface area contributed by atoms with E-state index in [1.165, 1.54) is 36.8 Å². The Morgan fingerprint density at radius 1 is 1.14 bits per heavy atom. The van der Waals surface area contributed by atoms with Crippen molar-refractivity contribution in [3.63, 3.8) is 0 Å². The Kier molecular flexibility index (Phi) is 4.46. The van der Waals surface area contributed by atoms with Gasteiger partial charge in [-0.15, -0.1) is 0 Å². The number of pyridine rings is 2. The summed E-state index contributed by atoms with van der Waals surface area (Å²) in [5, 5.41) is 11.3. The quantitative estimate of drug-likeness (QED) is 0.514. The molecule has 0 bridgehead atoms. The Morgan fingerprint density at radius 2 is 1.86 bits per heavy atom. The van der Waals surface area contributed by atoms with Crippen LogP contribution in [0.25, 0.3) is 21.9 Å². The van der Waals surface area contributed by atoms with Gasteiger partial charge in [-0.05, 0) is 32.0 Å². The van der Waals surface area contributed by atoms with Crippen molar-refractivity contribution < 1.29 is 23.1 Å². The van der Waals surface area contributed by atoms with Gasteiger partial charge in [0.1, 0.15) is 11.3 Å². The van der Waals surface area contributed by atoms with E-state index in [4.69, 9.17) is 4.74 Å². The predicted octanol–water partition coefficient (Wildman–Crippen LogP) is 3.01. The lowest BCUT2D eigenvalue weighted by Gasteiger charge is -2.09. The van der Waals surface area contributed by atoms with Gasteiger partial charge in [0, 0.05) is 17.8 Å². The van der Waals surface area contributed by atoms with Crippen molar-refractivity contribution >= 4 is 37.9 Å². The van der Waals surface area contributed by atoms with Gasteiger partial charge < -0.3 is 9.84 Å². The molecule has 0 atom stereocenters. The Hall–Kier alpha value is -3.46. The minimum Gasteiger partial charge on any atom is -0.506 e. The van der Waals surface area contributed by atoms with E-state index >= 15 is 0 Å². The third-order valence-electron chi connectivity index (χ3n) is 4.56. The van der Waals surface area contributed by atoms with E-state index in [1.54, 1.807) is 19.1 Å². The molecule has 0 unspecified atom stereocenters. The number of rotatable bonds is 4. The van der Waals surface area contributed by atoms with Gasteiger partial charge >= 0.3 is 5.97 Å². The molecule has 29 heavy (non-hydrogen) atoms. The topological polar surface area (TPSA) is 111 Å². The van der Waals surface area contributed by atoms with Crippen LogP contribution in [0, 0.1) is 6.92 Å². The van der Waals surface area contributed by atoms with E-state index in [1.807, 2.05) is 6.92 Å². The molecule has 148 valence electrons. The van der Waals surface area contributed by atoms with Crippen molar-refractivity contribution in [2.45, 2.75) is 18.7 Å². The molecule has 4 rings (SSSR count). The number of ether oxygens (including phenoxy) is 1. The first kappa shape index (κ1) is 18.9. The first-order valence-electron chi connectivity index (χ1n) is 8.81. The van der Waals surface area contributed by atoms with Gasteiger partial charge in [0.2, 0.25) is 0 Å². The first-order chi connectivity index (χ1) is 13.8. The largest absolute Gasteiger partial charge is 0.506 e. The fourth-order valence-corrected chi connectivity index (χ4v) is 4.41. The second-order valence-electron chi connectivity index (χ2n) is 6.43. The summed E-state index contributed by atoms with van der Waals surface area (Å²) in [6, 6.07) is 7.99. The summed E-state index contributed by atoms with van der Waals surface area (Å²) in [5.74, 6) is -1.04. The number of fused-ring (bicyclic) bond motifs is 3. The molecule has 0 aliphatic rings. The van der Waals surface area contributed by atoms with Crippen LogP contribution in [0.15, 0.2) is 53.8 Å². The highest BCUT2D eigenvalue weighted by molar-refractivity contribution is 7.90. The number of nitrogens with zero attached hydrogens (tertiary/aromatic N) is 3. The SMILES string of the molecule is CCOC(=O)c1cnc2cnc3c(ccn3S(=O)(=O)c3ccc(C)cc3)c2c1O. The predicted molar refractivity (Wildman–Crippen MR) is 106 cm³/mol. The normalized spacial score (nSPS) is 11.8. The van der Waals surface area contributed by atoms with Crippen LogP contribution in [0.2, 0.25) is 0 Å². The maximum absolute atomic E-state index is 13.1. The van der Waals surface area contributed by atoms with Crippen molar-refractivity contribution in [2.24, 2.45) is 0 Å². The summed E-state index contributed by atoms with van der Waals surface area (Å²) in [6.07, 6.45) is 3.93. The summed E-state index contributed by atoms with van der Waals surface area (Å²) in [7, 11) is -3.90. The number of hydrogen-bond donors (Lipinski definition) is 1. The molecule has 0 amide bonds. The smallest absolute Gasteiger partial charge is 0.343 e. The molecule has 3 heterocycles. The van der Waals surface area contributed by atoms with Crippen LogP contribution in [0.3, 0.4) is 0 Å². The van der Waals surface area contributed by atoms with E-state index in [2.05, 4.69) is 9.97 Å². The Labute approximate surface area is 166 Å². The summed E-state index contributed by atoms with van der Waals surface area (Å²) in [4.78, 5) is 20.6. The second-order valence-corrected chi connectivity index (χ2v) is 8.24. The van der Waals surface area contributed by atoms with Gasteiger partial charge in [-0.2, -0.15) is 0 Å². The summed E-state index contributed by atoms with van der Waals surface area (Å²) < 4.78 is 32.1. The Balaban J connectivity index is 1.96. The molecular formula is C20H17N3O5S. The van der Waals surface area contributed by atoms with Gasteiger partial charge in [0.15, 0.2) is 5.65 Å². The molecule has 1 aromatic carbocycles. The van der Waals surface area contributed by atoms with Gasteiger partial charge in [-0.25, -0.2) is 22.2 Å². The average molecular weight is 411 g/mol. The zero-order chi connectivity index (χ0) is 20.8. The highest BCUT2D eigenvalue weighted by Crippen LogP contribution is 2.34. The highest BCUT2D eigenvalue weighted by atomic mass is 32.2. The summed E-state index contributed by atoms with van der Waals surface area (Å²) >= 11 is 0. The molecule has 1 N–H and O–H groups in total. The minimum atomic E-state index is -3.90. The van der Waals surface area contributed by atoms with Crippen LogP contribution in [0.5, 0.6) is 5.75 Å². The number of benzene rings is 1. The lowest BCUT2D eigenvalue weighted by Crippen LogP contribution is -2.12. The lowest BCUT2D eigenvalue weighted by atomic mass is 10.1. The highest BCUT2D eigenvalue weighted by Gasteiger charge is 2.23. The Bertz CT molecular complexity index is 1360. The van der Waals surface area contributed by atoms with Crippen LogP contribution in [0.4, 0.5) is 0 Å². The third-order valence-corrected chi connectivity index (χ3v) is 6.24. The van der Waals surface area contributed by atoms with Crippen LogP contribution < -0.4 is 0 Å². The lowest BCUT2D eigenvalue weighted by molar-refractivity contribution is 0.0523. The molecule has 0 aliphatic carbocycles. The molecule has 0 saturated carbocycles. The van der Waals surface area contributed by atoms with Gasteiger partial charge in [0.25, 0.3) is 10.0 Å². The van der Waals surface area contributed by atoms with Gasteiger partial charge in [-0.1, -0.05) is 17.7 Å². The number of aromatic hydroxyl groups is 1. The average Bonchev–Trinajstić information content (AvgIpc) is 3.13. The number of carbonyl (C=O) groups excluding carboxylic acids is 1. The van der Waals surface area contributed by atoms with Crippen molar-refractivity contribution in [3.05, 3.63) is 60.0 Å². The standard InChI is InChI=1S/C20H17N3O5S/c1-3-28-20(25)15-10-21-16-11-22-19-14(17(16)18(15)24)8-9-23(19)29(26,27)13-6-4-12(2)5-7-13/h4-11H,3H2,1-2H3,(H,21,24). The molecule has 3 aromatic heterocycles. The summed E-state index contributed by atoms with van der Waals surface area (Å²) in [5.41, 5.74) is 1.29. The van der Waals surface area contributed by atoms with Crippen LogP contribution >= 0.6 is 0 Å². The molecule has 0 fully saturated rings. The number of aryl methyl sites for hydroxylation is 1. The number of aromatic nitrogens is 3. The van der Waals surface area contributed by atoms with Crippen LogP contribution in [-0.4, -0.2) is 40.0 Å². The minimum absolute atomic E-state index is 0.0963. The molecule has 0 radical (unpaired) electrons. The third kappa shape index (κ3) is 2.99. The van der Waals surface area contributed by atoms with E-state index < -0.39 is 16.0 Å². The molecule has 0 saturated heterocycles. The van der Waals surface area contributed by atoms with Gasteiger partial charge in [-0.3, -0.25) is 4.98 Å².